The number of rotatable bonds is 8. The minimum atomic E-state index is -3.33. The van der Waals surface area contributed by atoms with Crippen LogP contribution in [0.15, 0.2) is 200 Å². The zero-order valence-corrected chi connectivity index (χ0v) is 26.6. The molecule has 0 saturated carbocycles. The fourth-order valence-corrected chi connectivity index (χ4v) is 16.4. The third-order valence-electron chi connectivity index (χ3n) is 8.40. The maximum atomic E-state index is 2.39. The van der Waals surface area contributed by atoms with E-state index >= 15 is 0 Å². The molecule has 0 atom stereocenters. The maximum absolute atomic E-state index is 3.33. The molecule has 1 nitrogen and oxygen atoms in total. The SMILES string of the molecule is c1ccc(-c2cccc(N(c3ccccc3)c3cc[c]([Ge]([c]4ccccc4)([c]4ccccc4)[c]4ccccc4)cc3)c2)cc1. The van der Waals surface area contributed by atoms with Gasteiger partial charge in [0, 0.05) is 0 Å². The van der Waals surface area contributed by atoms with Gasteiger partial charge < -0.3 is 0 Å². The minimum absolute atomic E-state index is 1.13. The first kappa shape index (κ1) is 27.7. The Morgan fingerprint density at radius 1 is 0.273 bits per heavy atom. The van der Waals surface area contributed by atoms with Gasteiger partial charge in [0.05, 0.1) is 0 Å². The Morgan fingerprint density at radius 2 is 0.636 bits per heavy atom. The van der Waals surface area contributed by atoms with E-state index in [9.17, 15) is 0 Å². The van der Waals surface area contributed by atoms with Gasteiger partial charge in [-0.25, -0.2) is 0 Å². The fraction of sp³-hybridized carbons (Fsp3) is 0. The van der Waals surface area contributed by atoms with E-state index in [-0.39, 0.29) is 0 Å². The van der Waals surface area contributed by atoms with E-state index in [0.29, 0.717) is 0 Å². The molecule has 210 valence electrons. The first-order valence-corrected chi connectivity index (χ1v) is 19.3. The third-order valence-corrected chi connectivity index (χ3v) is 18.5. The molecule has 0 spiro atoms. The van der Waals surface area contributed by atoms with Gasteiger partial charge in [-0.15, -0.1) is 0 Å². The number of para-hydroxylation sites is 1. The van der Waals surface area contributed by atoms with Crippen molar-refractivity contribution in [2.75, 3.05) is 4.90 Å². The van der Waals surface area contributed by atoms with E-state index in [1.807, 2.05) is 0 Å². The van der Waals surface area contributed by atoms with Gasteiger partial charge in [0.1, 0.15) is 0 Å². The van der Waals surface area contributed by atoms with Crippen LogP contribution in [0.3, 0.4) is 0 Å². The average molecular weight is 624 g/mol. The van der Waals surface area contributed by atoms with Crippen LogP contribution in [0.2, 0.25) is 0 Å². The van der Waals surface area contributed by atoms with Gasteiger partial charge in [0.2, 0.25) is 0 Å². The molecule has 0 aliphatic rings. The van der Waals surface area contributed by atoms with Crippen molar-refractivity contribution in [2.24, 2.45) is 0 Å². The summed E-state index contributed by atoms with van der Waals surface area (Å²) in [6.07, 6.45) is 0. The van der Waals surface area contributed by atoms with Gasteiger partial charge in [-0.1, -0.05) is 0 Å². The molecule has 7 aromatic carbocycles. The average Bonchev–Trinajstić information content (AvgIpc) is 3.12. The molecule has 7 rings (SSSR count). The second-order valence-corrected chi connectivity index (χ2v) is 19.0. The molecule has 7 aromatic rings. The topological polar surface area (TPSA) is 3.24 Å². The monoisotopic (exact) mass is 625 g/mol. The Labute approximate surface area is 263 Å². The van der Waals surface area contributed by atoms with E-state index in [1.165, 1.54) is 28.7 Å². The van der Waals surface area contributed by atoms with Gasteiger partial charge >= 0.3 is 264 Å². The molecule has 0 fully saturated rings. The van der Waals surface area contributed by atoms with Crippen molar-refractivity contribution in [1.82, 2.24) is 0 Å². The summed E-state index contributed by atoms with van der Waals surface area (Å²) in [4.78, 5) is 2.36. The molecule has 0 aromatic heterocycles. The van der Waals surface area contributed by atoms with Crippen molar-refractivity contribution in [3.05, 3.63) is 200 Å². The Morgan fingerprint density at radius 3 is 1.14 bits per heavy atom. The molecule has 0 radical (unpaired) electrons. The van der Waals surface area contributed by atoms with Crippen LogP contribution in [-0.2, 0) is 0 Å². The van der Waals surface area contributed by atoms with Crippen LogP contribution in [0.25, 0.3) is 11.1 Å². The zero-order valence-electron chi connectivity index (χ0n) is 24.5. The van der Waals surface area contributed by atoms with E-state index < -0.39 is 13.3 Å². The number of hydrogen-bond donors (Lipinski definition) is 0. The summed E-state index contributed by atoms with van der Waals surface area (Å²) in [6.45, 7) is 0. The standard InChI is InChI=1S/C42H33GeN/c1-6-17-34(18-7-1)35-19-16-28-42(33-35)44(40-26-14-5-15-27-40)41-31-29-39(30-32-41)43(36-20-8-2-9-21-36,37-22-10-3-11-23-37)38-24-12-4-13-25-38/h1-33H. The van der Waals surface area contributed by atoms with Gasteiger partial charge in [-0.05, 0) is 0 Å². The van der Waals surface area contributed by atoms with Crippen molar-refractivity contribution in [2.45, 2.75) is 0 Å². The van der Waals surface area contributed by atoms with Crippen molar-refractivity contribution in [3.8, 4) is 11.1 Å². The van der Waals surface area contributed by atoms with Crippen molar-refractivity contribution in [3.63, 3.8) is 0 Å². The van der Waals surface area contributed by atoms with Crippen molar-refractivity contribution >= 4 is 47.9 Å². The van der Waals surface area contributed by atoms with E-state index in [1.54, 1.807) is 0 Å². The zero-order chi connectivity index (χ0) is 29.6. The molecule has 0 N–H and O–H groups in total. The third kappa shape index (κ3) is 5.28. The molecule has 0 aliphatic heterocycles. The second-order valence-electron chi connectivity index (χ2n) is 11.0. The van der Waals surface area contributed by atoms with Gasteiger partial charge in [0.25, 0.3) is 0 Å². The molecular weight excluding hydrogens is 591 g/mol. The van der Waals surface area contributed by atoms with Crippen molar-refractivity contribution in [1.29, 1.82) is 0 Å². The van der Waals surface area contributed by atoms with Crippen LogP contribution in [0.5, 0.6) is 0 Å². The predicted molar refractivity (Wildman–Crippen MR) is 190 cm³/mol. The number of anilines is 3. The van der Waals surface area contributed by atoms with E-state index in [4.69, 9.17) is 0 Å². The predicted octanol–water partition coefficient (Wildman–Crippen LogP) is 8.20. The van der Waals surface area contributed by atoms with Gasteiger partial charge in [-0.3, -0.25) is 0 Å². The van der Waals surface area contributed by atoms with Crippen LogP contribution >= 0.6 is 0 Å². The van der Waals surface area contributed by atoms with E-state index in [0.717, 1.165) is 17.1 Å². The molecule has 2 heteroatoms. The molecule has 0 unspecified atom stereocenters. The first-order chi connectivity index (χ1) is 21.8. The summed E-state index contributed by atoms with van der Waals surface area (Å²) < 4.78 is 5.68. The molecule has 44 heavy (non-hydrogen) atoms. The van der Waals surface area contributed by atoms with Crippen LogP contribution in [-0.4, -0.2) is 13.3 Å². The first-order valence-electron chi connectivity index (χ1n) is 15.1. The molecular formula is C42H33GeN. The Bertz CT molecular complexity index is 1830. The number of benzene rings is 7. The summed E-state index contributed by atoms with van der Waals surface area (Å²) >= 11 is -3.33. The quantitative estimate of drug-likeness (QED) is 0.154. The molecule has 0 aliphatic carbocycles. The summed E-state index contributed by atoms with van der Waals surface area (Å²) in [6, 6.07) is 73.0. The second kappa shape index (κ2) is 12.6. The Hall–Kier alpha value is -5.12. The molecule has 0 amide bonds. The fourth-order valence-electron chi connectivity index (χ4n) is 6.40. The van der Waals surface area contributed by atoms with Crippen molar-refractivity contribution < 1.29 is 0 Å². The van der Waals surface area contributed by atoms with E-state index in [2.05, 4.69) is 205 Å². The summed E-state index contributed by atoms with van der Waals surface area (Å²) in [7, 11) is 0. The van der Waals surface area contributed by atoms with Crippen LogP contribution in [0.4, 0.5) is 17.1 Å². The normalized spacial score (nSPS) is 11.2. The van der Waals surface area contributed by atoms with Gasteiger partial charge in [-0.2, -0.15) is 0 Å². The van der Waals surface area contributed by atoms with Gasteiger partial charge in [0.15, 0.2) is 0 Å². The summed E-state index contributed by atoms with van der Waals surface area (Å²) in [5.74, 6) is 0. The molecule has 0 heterocycles. The molecule has 0 saturated heterocycles. The van der Waals surface area contributed by atoms with Crippen LogP contribution in [0, 0.1) is 0 Å². The summed E-state index contributed by atoms with van der Waals surface area (Å²) in [5, 5.41) is 0. The number of hydrogen-bond acceptors (Lipinski definition) is 1. The Balaban J connectivity index is 1.40. The number of nitrogens with zero attached hydrogens (tertiary/aromatic N) is 1. The van der Waals surface area contributed by atoms with Crippen LogP contribution < -0.4 is 22.5 Å². The molecule has 0 bridgehead atoms. The Kier molecular flexibility index (Phi) is 7.95. The summed E-state index contributed by atoms with van der Waals surface area (Å²) in [5.41, 5.74) is 5.81. The van der Waals surface area contributed by atoms with Crippen LogP contribution in [0.1, 0.15) is 0 Å².